The molecule has 158 valence electrons. The van der Waals surface area contributed by atoms with Gasteiger partial charge < -0.3 is 19.1 Å². The molecule has 0 atom stereocenters. The maximum Gasteiger partial charge on any atom is 0.265 e. The number of piperidine rings is 1. The summed E-state index contributed by atoms with van der Waals surface area (Å²) < 4.78 is 17.1. The Hall–Kier alpha value is -2.58. The van der Waals surface area contributed by atoms with Crippen molar-refractivity contribution in [1.82, 2.24) is 9.88 Å². The Morgan fingerprint density at radius 2 is 1.80 bits per heavy atom. The molecular weight excluding hydrogens is 420 g/mol. The molecule has 1 fully saturated rings. The molecule has 3 aromatic rings. The normalized spacial score (nSPS) is 14.6. The Bertz CT molecular complexity index is 986. The Morgan fingerprint density at radius 1 is 1.10 bits per heavy atom. The molecule has 2 aromatic heterocycles. The van der Waals surface area contributed by atoms with Crippen molar-refractivity contribution in [2.75, 3.05) is 27.3 Å². The lowest BCUT2D eigenvalue weighted by Crippen LogP contribution is -2.41. The number of nitrogens with zero attached hydrogens (tertiary/aromatic N) is 2. The second kappa shape index (κ2) is 9.06. The molecule has 8 heteroatoms. The van der Waals surface area contributed by atoms with Gasteiger partial charge in [-0.2, -0.15) is 0 Å². The molecular formula is C22H24N2O4S2. The van der Waals surface area contributed by atoms with Crippen molar-refractivity contribution in [3.05, 3.63) is 46.3 Å². The lowest BCUT2D eigenvalue weighted by atomic mass is 10.1. The Morgan fingerprint density at radius 3 is 2.40 bits per heavy atom. The van der Waals surface area contributed by atoms with Crippen LogP contribution >= 0.6 is 22.7 Å². The number of methoxy groups -OCH3 is 2. The van der Waals surface area contributed by atoms with Crippen LogP contribution in [0.2, 0.25) is 0 Å². The molecule has 30 heavy (non-hydrogen) atoms. The number of hydrogen-bond acceptors (Lipinski definition) is 7. The number of likely N-dealkylation sites (tertiary alicyclic amines) is 1. The number of ether oxygens (including phenoxy) is 3. The van der Waals surface area contributed by atoms with E-state index in [0.717, 1.165) is 33.3 Å². The largest absolute Gasteiger partial charge is 0.493 e. The van der Waals surface area contributed by atoms with E-state index in [1.807, 2.05) is 47.5 Å². The molecule has 1 amide bonds. The van der Waals surface area contributed by atoms with E-state index in [2.05, 4.69) is 4.98 Å². The first kappa shape index (κ1) is 20.7. The van der Waals surface area contributed by atoms with Crippen LogP contribution in [0.15, 0.2) is 35.7 Å². The van der Waals surface area contributed by atoms with E-state index in [1.54, 1.807) is 25.6 Å². The SMILES string of the molecule is COc1cccc(OC)c1OC1CCN(C(=O)c2sc(-c3cccs3)nc2C)CC1. The third-order valence-corrected chi connectivity index (χ3v) is 7.30. The van der Waals surface area contributed by atoms with Crippen LogP contribution in [0.4, 0.5) is 0 Å². The van der Waals surface area contributed by atoms with Gasteiger partial charge in [0.25, 0.3) is 5.91 Å². The van der Waals surface area contributed by atoms with Gasteiger partial charge in [0.05, 0.1) is 24.8 Å². The summed E-state index contributed by atoms with van der Waals surface area (Å²) in [6.07, 6.45) is 1.51. The standard InChI is InChI=1S/C22H24N2O4S2/c1-14-20(30-21(23-14)18-8-5-13-29-18)22(25)24-11-9-15(10-12-24)28-19-16(26-2)6-4-7-17(19)27-3/h4-8,13,15H,9-12H2,1-3H3. The number of para-hydroxylation sites is 1. The number of amides is 1. The number of aryl methyl sites for hydroxylation is 1. The van der Waals surface area contributed by atoms with Gasteiger partial charge in [0.2, 0.25) is 5.75 Å². The molecule has 0 N–H and O–H groups in total. The van der Waals surface area contributed by atoms with E-state index in [4.69, 9.17) is 14.2 Å². The van der Waals surface area contributed by atoms with Crippen LogP contribution in [0.1, 0.15) is 28.2 Å². The second-order valence-corrected chi connectivity index (χ2v) is 8.96. The summed E-state index contributed by atoms with van der Waals surface area (Å²) in [6.45, 7) is 3.20. The van der Waals surface area contributed by atoms with Gasteiger partial charge >= 0.3 is 0 Å². The molecule has 1 aliphatic rings. The van der Waals surface area contributed by atoms with Gasteiger partial charge in [0.15, 0.2) is 11.5 Å². The molecule has 3 heterocycles. The predicted octanol–water partition coefficient (Wildman–Crippen LogP) is 4.88. The van der Waals surface area contributed by atoms with Crippen LogP contribution in [0, 0.1) is 6.92 Å². The highest BCUT2D eigenvalue weighted by atomic mass is 32.1. The number of thiophene rings is 1. The predicted molar refractivity (Wildman–Crippen MR) is 119 cm³/mol. The summed E-state index contributed by atoms with van der Waals surface area (Å²) in [7, 11) is 3.23. The smallest absolute Gasteiger partial charge is 0.265 e. The number of aromatic nitrogens is 1. The minimum Gasteiger partial charge on any atom is -0.493 e. The summed E-state index contributed by atoms with van der Waals surface area (Å²) in [6, 6.07) is 9.61. The number of benzene rings is 1. The third kappa shape index (κ3) is 4.15. The summed E-state index contributed by atoms with van der Waals surface area (Å²) in [4.78, 5) is 21.4. The van der Waals surface area contributed by atoms with E-state index in [-0.39, 0.29) is 12.0 Å². The Labute approximate surface area is 184 Å². The van der Waals surface area contributed by atoms with Crippen LogP contribution < -0.4 is 14.2 Å². The van der Waals surface area contributed by atoms with Crippen molar-refractivity contribution < 1.29 is 19.0 Å². The van der Waals surface area contributed by atoms with E-state index in [0.29, 0.717) is 30.3 Å². The van der Waals surface area contributed by atoms with Gasteiger partial charge in [-0.05, 0) is 30.5 Å². The summed E-state index contributed by atoms with van der Waals surface area (Å²) in [5.41, 5.74) is 0.797. The molecule has 4 rings (SSSR count). The first-order valence-corrected chi connectivity index (χ1v) is 11.5. The van der Waals surface area contributed by atoms with Crippen LogP contribution in [-0.2, 0) is 0 Å². The van der Waals surface area contributed by atoms with E-state index >= 15 is 0 Å². The number of hydrogen-bond donors (Lipinski definition) is 0. The fourth-order valence-electron chi connectivity index (χ4n) is 3.52. The summed E-state index contributed by atoms with van der Waals surface area (Å²) >= 11 is 3.11. The van der Waals surface area contributed by atoms with Crippen LogP contribution in [0.3, 0.4) is 0 Å². The van der Waals surface area contributed by atoms with Gasteiger partial charge in [0.1, 0.15) is 16.0 Å². The fraction of sp³-hybridized carbons (Fsp3) is 0.364. The minimum atomic E-state index is 0.00323. The molecule has 1 aliphatic heterocycles. The summed E-state index contributed by atoms with van der Waals surface area (Å²) in [5, 5.41) is 2.93. The first-order chi connectivity index (χ1) is 14.6. The van der Waals surface area contributed by atoms with Crippen molar-refractivity contribution in [3.63, 3.8) is 0 Å². The molecule has 0 aliphatic carbocycles. The quantitative estimate of drug-likeness (QED) is 0.542. The molecule has 0 bridgehead atoms. The lowest BCUT2D eigenvalue weighted by Gasteiger charge is -2.32. The molecule has 0 radical (unpaired) electrons. The number of rotatable bonds is 6. The van der Waals surface area contributed by atoms with Crippen LogP contribution in [0.5, 0.6) is 17.2 Å². The Balaban J connectivity index is 1.41. The zero-order chi connectivity index (χ0) is 21.1. The van der Waals surface area contributed by atoms with Gasteiger partial charge in [-0.1, -0.05) is 12.1 Å². The van der Waals surface area contributed by atoms with Gasteiger partial charge in [0, 0.05) is 25.9 Å². The van der Waals surface area contributed by atoms with Crippen molar-refractivity contribution in [1.29, 1.82) is 0 Å². The highest BCUT2D eigenvalue weighted by Crippen LogP contribution is 2.38. The molecule has 1 saturated heterocycles. The number of carbonyl (C=O) groups is 1. The molecule has 0 saturated carbocycles. The average Bonchev–Trinajstić information content (AvgIpc) is 3.44. The third-order valence-electron chi connectivity index (χ3n) is 5.12. The van der Waals surface area contributed by atoms with Crippen molar-refractivity contribution in [2.24, 2.45) is 0 Å². The van der Waals surface area contributed by atoms with Crippen LogP contribution in [-0.4, -0.2) is 49.2 Å². The van der Waals surface area contributed by atoms with Crippen LogP contribution in [0.25, 0.3) is 9.88 Å². The number of thiazole rings is 1. The van der Waals surface area contributed by atoms with Crippen molar-refractivity contribution in [3.8, 4) is 27.1 Å². The van der Waals surface area contributed by atoms with Gasteiger partial charge in [-0.3, -0.25) is 4.79 Å². The maximum absolute atomic E-state index is 13.1. The average molecular weight is 445 g/mol. The molecule has 1 aromatic carbocycles. The monoisotopic (exact) mass is 444 g/mol. The lowest BCUT2D eigenvalue weighted by molar-refractivity contribution is 0.0588. The van der Waals surface area contributed by atoms with E-state index in [9.17, 15) is 4.79 Å². The van der Waals surface area contributed by atoms with E-state index in [1.165, 1.54) is 11.3 Å². The maximum atomic E-state index is 13.1. The van der Waals surface area contributed by atoms with Crippen molar-refractivity contribution >= 4 is 28.6 Å². The Kier molecular flexibility index (Phi) is 6.24. The molecule has 0 unspecified atom stereocenters. The van der Waals surface area contributed by atoms with Gasteiger partial charge in [-0.15, -0.1) is 22.7 Å². The zero-order valence-electron chi connectivity index (χ0n) is 17.2. The fourth-order valence-corrected chi connectivity index (χ4v) is 5.35. The first-order valence-electron chi connectivity index (χ1n) is 9.79. The topological polar surface area (TPSA) is 60.9 Å². The molecule has 6 nitrogen and oxygen atoms in total. The van der Waals surface area contributed by atoms with Gasteiger partial charge in [-0.25, -0.2) is 4.98 Å². The zero-order valence-corrected chi connectivity index (χ0v) is 18.8. The minimum absolute atomic E-state index is 0.00323. The van der Waals surface area contributed by atoms with E-state index < -0.39 is 0 Å². The number of carbonyl (C=O) groups excluding carboxylic acids is 1. The highest BCUT2D eigenvalue weighted by molar-refractivity contribution is 7.22. The summed E-state index contributed by atoms with van der Waals surface area (Å²) in [5.74, 6) is 1.97. The highest BCUT2D eigenvalue weighted by Gasteiger charge is 2.28. The molecule has 0 spiro atoms. The second-order valence-electron chi connectivity index (χ2n) is 7.01. The van der Waals surface area contributed by atoms with Crippen molar-refractivity contribution in [2.45, 2.75) is 25.9 Å².